The van der Waals surface area contributed by atoms with Crippen LogP contribution in [0.5, 0.6) is 0 Å². The van der Waals surface area contributed by atoms with E-state index < -0.39 is 0 Å². The Morgan fingerprint density at radius 3 is 2.60 bits per heavy atom. The molecule has 6 heteroatoms. The highest BCUT2D eigenvalue weighted by atomic mass is 35.5. The number of halogens is 1. The van der Waals surface area contributed by atoms with Crippen LogP contribution in [0.1, 0.15) is 43.5 Å². The summed E-state index contributed by atoms with van der Waals surface area (Å²) in [5, 5.41) is 9.13. The van der Waals surface area contributed by atoms with Crippen LogP contribution in [0, 0.1) is 11.7 Å². The standard InChI is InChI=1S/C19H25ClN4S/c1-3-13-23-15(2)22-24(18(23)25)14-21-19(11-5-4-6-12-19)16-7-9-17(20)10-8-16/h3,7-10,21H,1,4-6,11-14H2,2H3. The van der Waals surface area contributed by atoms with Crippen LogP contribution in [0.3, 0.4) is 0 Å². The molecule has 0 unspecified atom stereocenters. The van der Waals surface area contributed by atoms with Gasteiger partial charge in [0, 0.05) is 17.1 Å². The van der Waals surface area contributed by atoms with Gasteiger partial charge in [0.2, 0.25) is 0 Å². The van der Waals surface area contributed by atoms with E-state index >= 15 is 0 Å². The van der Waals surface area contributed by atoms with Crippen LogP contribution < -0.4 is 5.32 Å². The Morgan fingerprint density at radius 2 is 1.96 bits per heavy atom. The van der Waals surface area contributed by atoms with E-state index in [0.29, 0.717) is 13.2 Å². The molecule has 1 aliphatic carbocycles. The minimum Gasteiger partial charge on any atom is -0.300 e. The van der Waals surface area contributed by atoms with Gasteiger partial charge in [-0.2, -0.15) is 5.10 Å². The summed E-state index contributed by atoms with van der Waals surface area (Å²) in [5.41, 5.74) is 1.26. The number of aryl methyl sites for hydroxylation is 1. The number of benzene rings is 1. The fraction of sp³-hybridized carbons (Fsp3) is 0.474. The second-order valence-electron chi connectivity index (χ2n) is 6.71. The maximum atomic E-state index is 6.08. The predicted octanol–water partition coefficient (Wildman–Crippen LogP) is 4.97. The van der Waals surface area contributed by atoms with Gasteiger partial charge in [0.1, 0.15) is 5.82 Å². The molecule has 134 valence electrons. The second kappa shape index (κ2) is 7.85. The second-order valence-corrected chi connectivity index (χ2v) is 7.51. The van der Waals surface area contributed by atoms with Crippen molar-refractivity contribution >= 4 is 23.8 Å². The average molecular weight is 377 g/mol. The maximum absolute atomic E-state index is 6.08. The van der Waals surface area contributed by atoms with Gasteiger partial charge in [-0.15, -0.1) is 6.58 Å². The van der Waals surface area contributed by atoms with Crippen molar-refractivity contribution in [1.29, 1.82) is 0 Å². The minimum absolute atomic E-state index is 0.0340. The van der Waals surface area contributed by atoms with E-state index in [0.717, 1.165) is 28.5 Å². The van der Waals surface area contributed by atoms with Gasteiger partial charge < -0.3 is 4.57 Å². The first-order valence-corrected chi connectivity index (χ1v) is 9.60. The van der Waals surface area contributed by atoms with Gasteiger partial charge in [0.05, 0.1) is 6.67 Å². The fourth-order valence-corrected chi connectivity index (χ4v) is 4.15. The summed E-state index contributed by atoms with van der Waals surface area (Å²) in [6.45, 7) is 7.06. The number of allylic oxidation sites excluding steroid dienone is 1. The lowest BCUT2D eigenvalue weighted by atomic mass is 9.76. The van der Waals surface area contributed by atoms with Crippen LogP contribution >= 0.6 is 23.8 Å². The lowest BCUT2D eigenvalue weighted by Crippen LogP contribution is -2.45. The van der Waals surface area contributed by atoms with Crippen LogP contribution in [0.2, 0.25) is 5.02 Å². The molecule has 0 aliphatic heterocycles. The first-order chi connectivity index (χ1) is 12.1. The van der Waals surface area contributed by atoms with Crippen LogP contribution in [0.25, 0.3) is 0 Å². The molecular weight excluding hydrogens is 352 g/mol. The quantitative estimate of drug-likeness (QED) is 0.571. The topological polar surface area (TPSA) is 34.8 Å². The molecule has 1 fully saturated rings. The summed E-state index contributed by atoms with van der Waals surface area (Å²) in [6, 6.07) is 8.23. The van der Waals surface area contributed by atoms with Gasteiger partial charge in [-0.3, -0.25) is 5.32 Å². The SMILES string of the molecule is C=CCn1c(C)nn(CNC2(c3ccc(Cl)cc3)CCCCC2)c1=S. The summed E-state index contributed by atoms with van der Waals surface area (Å²) < 4.78 is 4.60. The summed E-state index contributed by atoms with van der Waals surface area (Å²) in [5.74, 6) is 0.913. The molecule has 0 radical (unpaired) electrons. The fourth-order valence-electron chi connectivity index (χ4n) is 3.71. The molecule has 0 saturated heterocycles. The van der Waals surface area contributed by atoms with Crippen LogP contribution in [0.15, 0.2) is 36.9 Å². The van der Waals surface area contributed by atoms with Gasteiger partial charge >= 0.3 is 0 Å². The first kappa shape index (κ1) is 18.4. The zero-order valence-electron chi connectivity index (χ0n) is 14.7. The zero-order valence-corrected chi connectivity index (χ0v) is 16.2. The van der Waals surface area contributed by atoms with Crippen molar-refractivity contribution in [2.45, 2.75) is 57.8 Å². The number of aromatic nitrogens is 3. The molecule has 4 nitrogen and oxygen atoms in total. The molecule has 1 aromatic carbocycles. The normalized spacial score (nSPS) is 16.7. The molecule has 25 heavy (non-hydrogen) atoms. The molecule has 1 aromatic heterocycles. The van der Waals surface area contributed by atoms with Gasteiger partial charge in [0.25, 0.3) is 0 Å². The molecule has 0 atom stereocenters. The molecule has 1 aliphatic rings. The Morgan fingerprint density at radius 1 is 1.28 bits per heavy atom. The van der Waals surface area contributed by atoms with E-state index in [1.54, 1.807) is 0 Å². The van der Waals surface area contributed by atoms with E-state index in [1.807, 2.05) is 34.4 Å². The van der Waals surface area contributed by atoms with Gasteiger partial charge in [-0.05, 0) is 49.7 Å². The van der Waals surface area contributed by atoms with Crippen molar-refractivity contribution in [3.8, 4) is 0 Å². The highest BCUT2D eigenvalue weighted by molar-refractivity contribution is 7.71. The summed E-state index contributed by atoms with van der Waals surface area (Å²) >= 11 is 11.7. The molecular formula is C19H25ClN4S. The molecule has 1 heterocycles. The molecule has 3 rings (SSSR count). The van der Waals surface area contributed by atoms with E-state index in [2.05, 4.69) is 29.1 Å². The molecule has 1 N–H and O–H groups in total. The van der Waals surface area contributed by atoms with Crippen molar-refractivity contribution in [1.82, 2.24) is 19.7 Å². The third-order valence-corrected chi connectivity index (χ3v) is 5.77. The monoisotopic (exact) mass is 376 g/mol. The Balaban J connectivity index is 1.85. The molecule has 0 bridgehead atoms. The van der Waals surface area contributed by atoms with E-state index in [9.17, 15) is 0 Å². The molecule has 0 spiro atoms. The predicted molar refractivity (Wildman–Crippen MR) is 105 cm³/mol. The van der Waals surface area contributed by atoms with E-state index in [-0.39, 0.29) is 5.54 Å². The van der Waals surface area contributed by atoms with E-state index in [1.165, 1.54) is 24.8 Å². The Kier molecular flexibility index (Phi) is 5.77. The van der Waals surface area contributed by atoms with Crippen molar-refractivity contribution in [2.75, 3.05) is 0 Å². The number of hydrogen-bond acceptors (Lipinski definition) is 3. The van der Waals surface area contributed by atoms with Crippen LogP contribution in [-0.4, -0.2) is 14.3 Å². The lowest BCUT2D eigenvalue weighted by molar-refractivity contribution is 0.210. The highest BCUT2D eigenvalue weighted by Gasteiger charge is 2.33. The number of rotatable bonds is 6. The Labute approximate surface area is 159 Å². The summed E-state index contributed by atoms with van der Waals surface area (Å²) in [4.78, 5) is 0. The van der Waals surface area contributed by atoms with Crippen molar-refractivity contribution in [3.05, 3.63) is 58.1 Å². The third-order valence-electron chi connectivity index (χ3n) is 5.09. The first-order valence-electron chi connectivity index (χ1n) is 8.82. The van der Waals surface area contributed by atoms with Crippen molar-refractivity contribution in [3.63, 3.8) is 0 Å². The zero-order chi connectivity index (χ0) is 17.9. The average Bonchev–Trinajstić information content (AvgIpc) is 2.89. The highest BCUT2D eigenvalue weighted by Crippen LogP contribution is 2.37. The summed E-state index contributed by atoms with van der Waals surface area (Å²) in [7, 11) is 0. The van der Waals surface area contributed by atoms with Gasteiger partial charge in [-0.25, -0.2) is 4.68 Å². The largest absolute Gasteiger partial charge is 0.300 e. The Bertz CT molecular complexity index is 785. The number of nitrogens with one attached hydrogen (secondary N) is 1. The smallest absolute Gasteiger partial charge is 0.199 e. The van der Waals surface area contributed by atoms with Gasteiger partial charge in [0.15, 0.2) is 4.77 Å². The maximum Gasteiger partial charge on any atom is 0.199 e. The summed E-state index contributed by atoms with van der Waals surface area (Å²) in [6.07, 6.45) is 7.83. The van der Waals surface area contributed by atoms with Crippen LogP contribution in [-0.2, 0) is 18.8 Å². The number of hydrogen-bond donors (Lipinski definition) is 1. The lowest BCUT2D eigenvalue weighted by Gasteiger charge is -2.39. The third kappa shape index (κ3) is 3.89. The molecule has 0 amide bonds. The minimum atomic E-state index is -0.0340. The molecule has 1 saturated carbocycles. The van der Waals surface area contributed by atoms with Crippen molar-refractivity contribution in [2.24, 2.45) is 0 Å². The van der Waals surface area contributed by atoms with E-state index in [4.69, 9.17) is 23.8 Å². The molecule has 2 aromatic rings. The number of nitrogens with zero attached hydrogens (tertiary/aromatic N) is 3. The van der Waals surface area contributed by atoms with Gasteiger partial charge in [-0.1, -0.05) is 49.1 Å². The Hall–Kier alpha value is -1.43. The van der Waals surface area contributed by atoms with Crippen molar-refractivity contribution < 1.29 is 0 Å². The van der Waals surface area contributed by atoms with Crippen LogP contribution in [0.4, 0.5) is 0 Å².